The van der Waals surface area contributed by atoms with Gasteiger partial charge in [-0.25, -0.2) is 5.32 Å². The van der Waals surface area contributed by atoms with E-state index in [1.54, 1.807) is 24.5 Å². The molecule has 1 heterocycles. The van der Waals surface area contributed by atoms with E-state index in [0.717, 1.165) is 17.2 Å². The number of amidine groups is 1. The van der Waals surface area contributed by atoms with Gasteiger partial charge in [0.2, 0.25) is 5.84 Å². The summed E-state index contributed by atoms with van der Waals surface area (Å²) in [7, 11) is 3.95. The van der Waals surface area contributed by atoms with Gasteiger partial charge in [-0.3, -0.25) is 14.4 Å². The third kappa shape index (κ3) is 4.14. The smallest absolute Gasteiger partial charge is 0.257 e. The van der Waals surface area contributed by atoms with Crippen LogP contribution in [0.1, 0.15) is 17.3 Å². The molecular formula is C16H19N4O+. The van der Waals surface area contributed by atoms with Gasteiger partial charge in [-0.05, 0) is 36.4 Å². The van der Waals surface area contributed by atoms with Crippen molar-refractivity contribution in [3.63, 3.8) is 0 Å². The highest BCUT2D eigenvalue weighted by atomic mass is 16.1. The summed E-state index contributed by atoms with van der Waals surface area (Å²) in [6.07, 6.45) is 3.18. The van der Waals surface area contributed by atoms with E-state index in [0.29, 0.717) is 5.56 Å². The van der Waals surface area contributed by atoms with E-state index in [-0.39, 0.29) is 5.91 Å². The average Bonchev–Trinajstić information content (AvgIpc) is 2.50. The lowest BCUT2D eigenvalue weighted by Crippen LogP contribution is -2.18. The summed E-state index contributed by atoms with van der Waals surface area (Å²) in [6.45, 7) is 2.00. The molecule has 1 aromatic heterocycles. The Morgan fingerprint density at radius 2 is 1.67 bits per heavy atom. The van der Waals surface area contributed by atoms with Crippen molar-refractivity contribution < 1.29 is 9.37 Å². The average molecular weight is 283 g/mol. The Bertz CT molecular complexity index is 644. The SMILES string of the molecule is CC(Nc1ccc(NC(=O)c2cccnc2)cc1)=[N+](C)C. The number of amides is 1. The molecule has 0 radical (unpaired) electrons. The molecule has 2 rings (SSSR count). The molecule has 21 heavy (non-hydrogen) atoms. The van der Waals surface area contributed by atoms with Gasteiger partial charge in [0.05, 0.1) is 19.7 Å². The number of benzene rings is 1. The zero-order valence-electron chi connectivity index (χ0n) is 12.4. The third-order valence-electron chi connectivity index (χ3n) is 3.06. The number of nitrogens with one attached hydrogen (secondary N) is 2. The van der Waals surface area contributed by atoms with Crippen LogP contribution in [0.4, 0.5) is 11.4 Å². The normalized spacial score (nSPS) is 9.86. The zero-order chi connectivity index (χ0) is 15.2. The van der Waals surface area contributed by atoms with E-state index in [2.05, 4.69) is 15.6 Å². The maximum atomic E-state index is 12.0. The largest absolute Gasteiger partial charge is 0.322 e. The number of hydrogen-bond donors (Lipinski definition) is 2. The molecule has 2 aromatic rings. The van der Waals surface area contributed by atoms with Gasteiger partial charge in [-0.15, -0.1) is 0 Å². The van der Waals surface area contributed by atoms with E-state index in [4.69, 9.17) is 0 Å². The Kier molecular flexibility index (Phi) is 4.66. The predicted molar refractivity (Wildman–Crippen MR) is 85.0 cm³/mol. The summed E-state index contributed by atoms with van der Waals surface area (Å²) < 4.78 is 2.00. The highest BCUT2D eigenvalue weighted by Crippen LogP contribution is 2.14. The highest BCUT2D eigenvalue weighted by Gasteiger charge is 2.07. The van der Waals surface area contributed by atoms with Crippen LogP contribution in [0.2, 0.25) is 0 Å². The molecule has 0 bridgehead atoms. The van der Waals surface area contributed by atoms with Crippen molar-refractivity contribution in [3.8, 4) is 0 Å². The molecule has 1 aromatic carbocycles. The Hall–Kier alpha value is -2.69. The fourth-order valence-corrected chi connectivity index (χ4v) is 1.66. The number of carbonyl (C=O) groups excluding carboxylic acids is 1. The lowest BCUT2D eigenvalue weighted by atomic mass is 10.2. The fraction of sp³-hybridized carbons (Fsp3) is 0.188. The van der Waals surface area contributed by atoms with Crippen molar-refractivity contribution in [2.75, 3.05) is 24.7 Å². The molecule has 0 fully saturated rings. The Labute approximate surface area is 124 Å². The van der Waals surface area contributed by atoms with Crippen LogP contribution >= 0.6 is 0 Å². The molecule has 0 aliphatic heterocycles. The lowest BCUT2D eigenvalue weighted by Gasteiger charge is -2.06. The van der Waals surface area contributed by atoms with Gasteiger partial charge >= 0.3 is 0 Å². The molecule has 5 heteroatoms. The molecule has 0 saturated heterocycles. The van der Waals surface area contributed by atoms with Crippen molar-refractivity contribution >= 4 is 23.1 Å². The Balaban J connectivity index is 2.03. The van der Waals surface area contributed by atoms with Gasteiger partial charge in [-0.1, -0.05) is 0 Å². The van der Waals surface area contributed by atoms with Crippen LogP contribution in [-0.4, -0.2) is 35.4 Å². The van der Waals surface area contributed by atoms with E-state index in [9.17, 15) is 4.79 Å². The first-order valence-electron chi connectivity index (χ1n) is 6.65. The van der Waals surface area contributed by atoms with Crippen LogP contribution < -0.4 is 10.6 Å². The van der Waals surface area contributed by atoms with Crippen LogP contribution in [0, 0.1) is 0 Å². The number of nitrogens with zero attached hydrogens (tertiary/aromatic N) is 2. The monoisotopic (exact) mass is 283 g/mol. The van der Waals surface area contributed by atoms with Crippen molar-refractivity contribution in [1.29, 1.82) is 0 Å². The Morgan fingerprint density at radius 3 is 2.19 bits per heavy atom. The second kappa shape index (κ2) is 6.65. The van der Waals surface area contributed by atoms with Crippen molar-refractivity contribution in [2.24, 2.45) is 0 Å². The van der Waals surface area contributed by atoms with Crippen molar-refractivity contribution in [3.05, 3.63) is 54.4 Å². The van der Waals surface area contributed by atoms with Gasteiger partial charge in [0.25, 0.3) is 5.91 Å². The quantitative estimate of drug-likeness (QED) is 0.517. The number of anilines is 2. The standard InChI is InChI=1S/C16H18N4O/c1-12(20(2)3)18-14-6-8-15(9-7-14)19-16(21)13-5-4-10-17-11-13/h4-11H,1-3H3,(H,19,21)/p+1. The summed E-state index contributed by atoms with van der Waals surface area (Å²) in [5.41, 5.74) is 2.26. The van der Waals surface area contributed by atoms with Crippen molar-refractivity contribution in [1.82, 2.24) is 4.98 Å². The maximum Gasteiger partial charge on any atom is 0.257 e. The lowest BCUT2D eigenvalue weighted by molar-refractivity contribution is -0.464. The molecule has 0 spiro atoms. The van der Waals surface area contributed by atoms with Crippen LogP contribution in [0.25, 0.3) is 0 Å². The van der Waals surface area contributed by atoms with Gasteiger partial charge in [0.15, 0.2) is 0 Å². The number of aromatic nitrogens is 1. The van der Waals surface area contributed by atoms with Gasteiger partial charge in [-0.2, -0.15) is 0 Å². The molecular weight excluding hydrogens is 264 g/mol. The number of hydrogen-bond acceptors (Lipinski definition) is 2. The molecule has 2 N–H and O–H groups in total. The summed E-state index contributed by atoms with van der Waals surface area (Å²) in [5, 5.41) is 6.11. The molecule has 1 amide bonds. The minimum absolute atomic E-state index is 0.167. The third-order valence-corrected chi connectivity index (χ3v) is 3.06. The molecule has 108 valence electrons. The number of carbonyl (C=O) groups is 1. The van der Waals surface area contributed by atoms with Gasteiger partial charge in [0, 0.05) is 25.0 Å². The molecule has 5 nitrogen and oxygen atoms in total. The van der Waals surface area contributed by atoms with Crippen LogP contribution in [0.15, 0.2) is 48.8 Å². The first-order chi connectivity index (χ1) is 10.1. The maximum absolute atomic E-state index is 12.0. The predicted octanol–water partition coefficient (Wildman–Crippen LogP) is 2.44. The number of pyridine rings is 1. The van der Waals surface area contributed by atoms with Crippen LogP contribution in [0.5, 0.6) is 0 Å². The summed E-state index contributed by atoms with van der Waals surface area (Å²) in [5.74, 6) is 0.877. The second-order valence-corrected chi connectivity index (χ2v) is 4.88. The van der Waals surface area contributed by atoms with E-state index < -0.39 is 0 Å². The minimum Gasteiger partial charge on any atom is -0.322 e. The first kappa shape index (κ1) is 14.7. The summed E-state index contributed by atoms with van der Waals surface area (Å²) >= 11 is 0. The Morgan fingerprint density at radius 1 is 1.05 bits per heavy atom. The molecule has 0 aliphatic carbocycles. The van der Waals surface area contributed by atoms with Gasteiger partial charge in [0.1, 0.15) is 5.69 Å². The molecule has 0 atom stereocenters. The van der Waals surface area contributed by atoms with Crippen LogP contribution in [-0.2, 0) is 0 Å². The highest BCUT2D eigenvalue weighted by molar-refractivity contribution is 6.04. The van der Waals surface area contributed by atoms with E-state index in [1.807, 2.05) is 49.9 Å². The van der Waals surface area contributed by atoms with Crippen LogP contribution in [0.3, 0.4) is 0 Å². The molecule has 0 saturated carbocycles. The van der Waals surface area contributed by atoms with Gasteiger partial charge < -0.3 is 5.32 Å². The summed E-state index contributed by atoms with van der Waals surface area (Å²) in [4.78, 5) is 15.9. The molecule has 0 aliphatic rings. The zero-order valence-corrected chi connectivity index (χ0v) is 12.4. The second-order valence-electron chi connectivity index (χ2n) is 4.88. The fourth-order valence-electron chi connectivity index (χ4n) is 1.66. The van der Waals surface area contributed by atoms with Crippen molar-refractivity contribution in [2.45, 2.75) is 6.92 Å². The molecule has 0 unspecified atom stereocenters. The van der Waals surface area contributed by atoms with E-state index in [1.165, 1.54) is 0 Å². The number of rotatable bonds is 3. The summed E-state index contributed by atoms with van der Waals surface area (Å²) in [6, 6.07) is 11.0. The first-order valence-corrected chi connectivity index (χ1v) is 6.65. The van der Waals surface area contributed by atoms with E-state index >= 15 is 0 Å². The topological polar surface area (TPSA) is 57.0 Å². The minimum atomic E-state index is -0.167.